The molecule has 160 valence electrons. The molecule has 4 bridgehead atoms. The topological polar surface area (TPSA) is 133 Å². The van der Waals surface area contributed by atoms with Gasteiger partial charge in [0.2, 0.25) is 10.0 Å². The van der Waals surface area contributed by atoms with Gasteiger partial charge in [-0.1, -0.05) is 0 Å². The number of aryl methyl sites for hydroxylation is 1. The van der Waals surface area contributed by atoms with E-state index in [4.69, 9.17) is 5.14 Å². The van der Waals surface area contributed by atoms with Crippen LogP contribution in [0.2, 0.25) is 0 Å². The zero-order valence-corrected chi connectivity index (χ0v) is 17.9. The molecular formula is C20H26N6O3S. The van der Waals surface area contributed by atoms with Crippen molar-refractivity contribution in [1.82, 2.24) is 25.5 Å². The van der Waals surface area contributed by atoms with E-state index in [1.807, 2.05) is 0 Å². The molecule has 1 aromatic heterocycles. The van der Waals surface area contributed by atoms with E-state index in [2.05, 4.69) is 20.7 Å². The molecule has 9 nitrogen and oxygen atoms in total. The van der Waals surface area contributed by atoms with E-state index in [9.17, 15) is 13.2 Å². The summed E-state index contributed by atoms with van der Waals surface area (Å²) in [4.78, 5) is 15.0. The largest absolute Gasteiger partial charge is 0.346 e. The van der Waals surface area contributed by atoms with E-state index in [-0.39, 0.29) is 21.9 Å². The number of benzene rings is 1. The van der Waals surface area contributed by atoms with Crippen LogP contribution < -0.4 is 10.5 Å². The van der Waals surface area contributed by atoms with Gasteiger partial charge in [-0.25, -0.2) is 13.6 Å². The fourth-order valence-corrected chi connectivity index (χ4v) is 7.42. The van der Waals surface area contributed by atoms with Gasteiger partial charge in [-0.05, 0) is 92.7 Å². The van der Waals surface area contributed by atoms with E-state index in [0.29, 0.717) is 23.0 Å². The molecule has 4 aliphatic carbocycles. The summed E-state index contributed by atoms with van der Waals surface area (Å²) in [6.45, 7) is 3.49. The van der Waals surface area contributed by atoms with Crippen LogP contribution in [0.1, 0.15) is 60.0 Å². The minimum atomic E-state index is -3.91. The number of carbonyl (C=O) groups excluding carboxylic acids is 1. The van der Waals surface area contributed by atoms with Crippen molar-refractivity contribution in [3.05, 3.63) is 35.2 Å². The molecule has 4 fully saturated rings. The van der Waals surface area contributed by atoms with Gasteiger partial charge in [0, 0.05) is 11.1 Å². The average Bonchev–Trinajstić information content (AvgIpc) is 3.17. The lowest BCUT2D eigenvalue weighted by Gasteiger charge is -2.61. The fraction of sp³-hybridized carbons (Fsp3) is 0.600. The van der Waals surface area contributed by atoms with Crippen LogP contribution in [0.15, 0.2) is 23.4 Å². The van der Waals surface area contributed by atoms with Crippen molar-refractivity contribution < 1.29 is 13.2 Å². The summed E-state index contributed by atoms with van der Waals surface area (Å²) in [7, 11) is -3.91. The Morgan fingerprint density at radius 3 is 2.50 bits per heavy atom. The van der Waals surface area contributed by atoms with Crippen molar-refractivity contribution in [2.45, 2.75) is 68.3 Å². The minimum absolute atomic E-state index is 0.00134. The highest BCUT2D eigenvalue weighted by Gasteiger charge is 2.60. The maximum absolute atomic E-state index is 13.3. The van der Waals surface area contributed by atoms with E-state index in [1.54, 1.807) is 24.7 Å². The smallest absolute Gasteiger partial charge is 0.251 e. The lowest BCUT2D eigenvalue weighted by atomic mass is 9.50. The molecule has 2 unspecified atom stereocenters. The highest BCUT2D eigenvalue weighted by molar-refractivity contribution is 7.89. The molecule has 1 heterocycles. The molecule has 30 heavy (non-hydrogen) atoms. The fourth-order valence-electron chi connectivity index (χ4n) is 6.55. The quantitative estimate of drug-likeness (QED) is 0.754. The molecule has 4 aliphatic rings. The zero-order chi connectivity index (χ0) is 21.3. The van der Waals surface area contributed by atoms with Crippen molar-refractivity contribution in [3.63, 3.8) is 0 Å². The van der Waals surface area contributed by atoms with Gasteiger partial charge in [0.05, 0.1) is 10.4 Å². The average molecular weight is 431 g/mol. The number of amides is 1. The number of hydrogen-bond acceptors (Lipinski definition) is 6. The molecule has 2 atom stereocenters. The normalized spacial score (nSPS) is 32.4. The highest BCUT2D eigenvalue weighted by atomic mass is 32.2. The zero-order valence-electron chi connectivity index (χ0n) is 17.1. The lowest BCUT2D eigenvalue weighted by molar-refractivity contribution is -0.0810. The van der Waals surface area contributed by atoms with Gasteiger partial charge in [-0.2, -0.15) is 4.80 Å². The highest BCUT2D eigenvalue weighted by Crippen LogP contribution is 2.60. The number of aromatic nitrogens is 4. The monoisotopic (exact) mass is 430 g/mol. The van der Waals surface area contributed by atoms with E-state index >= 15 is 0 Å². The Hall–Kier alpha value is -2.33. The Bertz CT molecular complexity index is 1110. The number of tetrazole rings is 1. The van der Waals surface area contributed by atoms with Gasteiger partial charge >= 0.3 is 0 Å². The number of hydrogen-bond donors (Lipinski definition) is 2. The maximum Gasteiger partial charge on any atom is 0.251 e. The molecule has 1 amide bonds. The van der Waals surface area contributed by atoms with Crippen molar-refractivity contribution >= 4 is 15.9 Å². The number of primary sulfonamides is 1. The summed E-state index contributed by atoms with van der Waals surface area (Å²) < 4.78 is 24.0. The van der Waals surface area contributed by atoms with Gasteiger partial charge in [0.25, 0.3) is 5.91 Å². The Kier molecular flexibility index (Phi) is 4.14. The molecular weight excluding hydrogens is 404 g/mol. The number of sulfonamides is 1. The Morgan fingerprint density at radius 2 is 1.90 bits per heavy atom. The molecule has 3 N–H and O–H groups in total. The predicted octanol–water partition coefficient (Wildman–Crippen LogP) is 1.42. The maximum atomic E-state index is 13.3. The van der Waals surface area contributed by atoms with Gasteiger partial charge in [-0.15, -0.1) is 10.2 Å². The Balaban J connectivity index is 1.48. The van der Waals surface area contributed by atoms with Crippen LogP contribution in [0.4, 0.5) is 0 Å². The molecule has 2 aromatic rings. The number of carbonyl (C=O) groups is 1. The van der Waals surface area contributed by atoms with Gasteiger partial charge in [0.15, 0.2) is 6.33 Å². The second kappa shape index (κ2) is 6.34. The SMILES string of the molecule is Cc1cc(C(=O)NC23CC4CC(C2)CC(n2ncnn2)(C4)C3)cc(S(N)(=O)=O)c1C. The molecule has 1 aromatic carbocycles. The van der Waals surface area contributed by atoms with Crippen LogP contribution in [-0.4, -0.2) is 40.1 Å². The molecule has 0 radical (unpaired) electrons. The van der Waals surface area contributed by atoms with Gasteiger partial charge < -0.3 is 5.32 Å². The van der Waals surface area contributed by atoms with Crippen LogP contribution >= 0.6 is 0 Å². The van der Waals surface area contributed by atoms with Crippen LogP contribution in [0, 0.1) is 25.7 Å². The third-order valence-electron chi connectivity index (χ3n) is 7.37. The number of rotatable bonds is 4. The Morgan fingerprint density at radius 1 is 1.20 bits per heavy atom. The molecule has 10 heteroatoms. The standard InChI is InChI=1S/C20H26N6O3S/c1-12-3-16(5-17(13(12)2)30(21,28)29)18(27)24-19-6-14-4-15(7-19)9-20(8-14,10-19)26-23-11-22-25-26/h3,5,11,14-15H,4,6-10H2,1-2H3,(H,24,27)(H2,21,28,29). The second-order valence-electron chi connectivity index (χ2n) is 9.61. The minimum Gasteiger partial charge on any atom is -0.346 e. The lowest BCUT2D eigenvalue weighted by Crippen LogP contribution is -2.66. The molecule has 0 spiro atoms. The Labute approximate surface area is 175 Å². The van der Waals surface area contributed by atoms with Crippen molar-refractivity contribution in [2.24, 2.45) is 17.0 Å². The third-order valence-corrected chi connectivity index (χ3v) is 8.41. The van der Waals surface area contributed by atoms with Gasteiger partial charge in [0.1, 0.15) is 0 Å². The van der Waals surface area contributed by atoms with Crippen LogP contribution in [0.25, 0.3) is 0 Å². The second-order valence-corrected chi connectivity index (χ2v) is 11.1. The van der Waals surface area contributed by atoms with Crippen LogP contribution in [0.3, 0.4) is 0 Å². The predicted molar refractivity (Wildman–Crippen MR) is 108 cm³/mol. The molecule has 6 rings (SSSR count). The first kappa shape index (κ1) is 19.6. The summed E-state index contributed by atoms with van der Waals surface area (Å²) in [5, 5.41) is 21.1. The number of nitrogens with one attached hydrogen (secondary N) is 1. The van der Waals surface area contributed by atoms with Crippen LogP contribution in [-0.2, 0) is 15.6 Å². The third kappa shape index (κ3) is 3.04. The molecule has 0 aliphatic heterocycles. The van der Waals surface area contributed by atoms with Crippen molar-refractivity contribution in [1.29, 1.82) is 0 Å². The first-order valence-corrected chi connectivity index (χ1v) is 11.8. The van der Waals surface area contributed by atoms with E-state index < -0.39 is 10.0 Å². The summed E-state index contributed by atoms with van der Waals surface area (Å²) in [5.41, 5.74) is 1.07. The van der Waals surface area contributed by atoms with E-state index in [1.165, 1.54) is 18.8 Å². The first-order valence-electron chi connectivity index (χ1n) is 10.3. The van der Waals surface area contributed by atoms with Crippen molar-refractivity contribution in [3.8, 4) is 0 Å². The summed E-state index contributed by atoms with van der Waals surface area (Å²) in [6.07, 6.45) is 7.29. The summed E-state index contributed by atoms with van der Waals surface area (Å²) in [6, 6.07) is 3.12. The summed E-state index contributed by atoms with van der Waals surface area (Å²) in [5.74, 6) is 0.765. The molecule has 4 saturated carbocycles. The number of nitrogens with two attached hydrogens (primary N) is 1. The van der Waals surface area contributed by atoms with E-state index in [0.717, 1.165) is 37.7 Å². The summed E-state index contributed by atoms with van der Waals surface area (Å²) >= 11 is 0. The van der Waals surface area contributed by atoms with Crippen LogP contribution in [0.5, 0.6) is 0 Å². The first-order chi connectivity index (χ1) is 14.1. The van der Waals surface area contributed by atoms with Gasteiger partial charge in [-0.3, -0.25) is 4.79 Å². The molecule has 0 saturated heterocycles. The number of nitrogens with zero attached hydrogens (tertiary/aromatic N) is 4. The van der Waals surface area contributed by atoms with Crippen molar-refractivity contribution in [2.75, 3.05) is 0 Å².